The van der Waals surface area contributed by atoms with Crippen molar-refractivity contribution in [3.63, 3.8) is 0 Å². The predicted octanol–water partition coefficient (Wildman–Crippen LogP) is 3.23. The van der Waals surface area contributed by atoms with E-state index in [0.717, 1.165) is 35.1 Å². The summed E-state index contributed by atoms with van der Waals surface area (Å²) in [5, 5.41) is 7.54. The minimum Gasteiger partial charge on any atom is -0.494 e. The molecule has 1 aromatic heterocycles. The highest BCUT2D eigenvalue weighted by Crippen LogP contribution is 2.15. The fourth-order valence-electron chi connectivity index (χ4n) is 2.71. The van der Waals surface area contributed by atoms with Crippen LogP contribution >= 0.6 is 0 Å². The van der Waals surface area contributed by atoms with Gasteiger partial charge in [0.05, 0.1) is 19.4 Å². The third-order valence-corrected chi connectivity index (χ3v) is 4.31. The van der Waals surface area contributed by atoms with Crippen LogP contribution in [0.25, 0.3) is 10.9 Å². The van der Waals surface area contributed by atoms with Crippen molar-refractivity contribution in [3.8, 4) is 5.75 Å². The number of carbonyl (C=O) groups excluding carboxylic acids is 2. The molecule has 1 heterocycles. The van der Waals surface area contributed by atoms with Crippen molar-refractivity contribution < 1.29 is 14.3 Å². The smallest absolute Gasteiger partial charge is 0.259 e. The molecule has 2 amide bonds. The van der Waals surface area contributed by atoms with Gasteiger partial charge in [0, 0.05) is 28.2 Å². The molecular weight excluding hydrogens is 368 g/mol. The first-order valence-electron chi connectivity index (χ1n) is 9.56. The number of hydrazone groups is 1. The van der Waals surface area contributed by atoms with Crippen LogP contribution in [0.15, 0.2) is 59.8 Å². The van der Waals surface area contributed by atoms with Crippen LogP contribution in [-0.2, 0) is 4.79 Å². The van der Waals surface area contributed by atoms with E-state index in [9.17, 15) is 9.59 Å². The molecule has 3 aromatic rings. The number of nitrogens with zero attached hydrogens (tertiary/aromatic N) is 1. The third-order valence-electron chi connectivity index (χ3n) is 4.31. The molecule has 0 saturated carbocycles. The highest BCUT2D eigenvalue weighted by atomic mass is 16.5. The Morgan fingerprint density at radius 1 is 1.14 bits per heavy atom. The normalized spacial score (nSPS) is 10.9. The van der Waals surface area contributed by atoms with E-state index in [4.69, 9.17) is 4.74 Å². The van der Waals surface area contributed by atoms with Gasteiger partial charge in [-0.25, -0.2) is 5.43 Å². The highest BCUT2D eigenvalue weighted by molar-refractivity contribution is 5.99. The van der Waals surface area contributed by atoms with Crippen LogP contribution in [0, 0.1) is 0 Å². The second kappa shape index (κ2) is 10.1. The first-order chi connectivity index (χ1) is 14.2. The van der Waals surface area contributed by atoms with Crippen molar-refractivity contribution in [2.24, 2.45) is 5.10 Å². The monoisotopic (exact) mass is 392 g/mol. The Morgan fingerprint density at radius 2 is 1.93 bits per heavy atom. The molecule has 0 spiro atoms. The summed E-state index contributed by atoms with van der Waals surface area (Å²) >= 11 is 0. The predicted molar refractivity (Wildman–Crippen MR) is 113 cm³/mol. The molecule has 3 rings (SSSR count). The minimum atomic E-state index is -0.408. The van der Waals surface area contributed by atoms with Gasteiger partial charge in [0.2, 0.25) is 0 Å². The zero-order valence-electron chi connectivity index (χ0n) is 16.3. The number of hydrogen-bond donors (Lipinski definition) is 3. The van der Waals surface area contributed by atoms with Gasteiger partial charge in [-0.2, -0.15) is 5.10 Å². The number of aromatic nitrogens is 1. The van der Waals surface area contributed by atoms with E-state index >= 15 is 0 Å². The number of ether oxygens (including phenoxy) is 1. The molecule has 2 aromatic carbocycles. The van der Waals surface area contributed by atoms with Crippen LogP contribution in [-0.4, -0.2) is 36.2 Å². The number of benzene rings is 2. The summed E-state index contributed by atoms with van der Waals surface area (Å²) < 4.78 is 5.57. The summed E-state index contributed by atoms with van der Waals surface area (Å²) in [6, 6.07) is 14.6. The Hall–Kier alpha value is -3.61. The number of H-pyrrole nitrogens is 1. The Bertz CT molecular complexity index is 993. The van der Waals surface area contributed by atoms with Crippen LogP contribution in [0.4, 0.5) is 0 Å². The molecule has 7 nitrogen and oxygen atoms in total. The Labute approximate surface area is 169 Å². The summed E-state index contributed by atoms with van der Waals surface area (Å²) in [6.45, 7) is 2.58. The van der Waals surface area contributed by atoms with Crippen molar-refractivity contribution in [3.05, 3.63) is 65.9 Å². The van der Waals surface area contributed by atoms with E-state index in [-0.39, 0.29) is 12.5 Å². The van der Waals surface area contributed by atoms with Crippen molar-refractivity contribution in [1.82, 2.24) is 15.7 Å². The summed E-state index contributed by atoms with van der Waals surface area (Å²) in [7, 11) is 0. The maximum Gasteiger partial charge on any atom is 0.259 e. The Balaban J connectivity index is 1.44. The first kappa shape index (κ1) is 20.1. The zero-order valence-corrected chi connectivity index (χ0v) is 16.3. The number of para-hydroxylation sites is 1. The van der Waals surface area contributed by atoms with E-state index < -0.39 is 5.91 Å². The lowest BCUT2D eigenvalue weighted by molar-refractivity contribution is -0.120. The van der Waals surface area contributed by atoms with E-state index in [1.54, 1.807) is 30.5 Å². The average molecular weight is 392 g/mol. The van der Waals surface area contributed by atoms with Gasteiger partial charge in [-0.15, -0.1) is 0 Å². The van der Waals surface area contributed by atoms with E-state index in [1.165, 1.54) is 0 Å². The van der Waals surface area contributed by atoms with Crippen molar-refractivity contribution in [2.45, 2.75) is 19.8 Å². The molecule has 0 aliphatic heterocycles. The molecule has 29 heavy (non-hydrogen) atoms. The number of amides is 2. The van der Waals surface area contributed by atoms with Crippen LogP contribution in [0.5, 0.6) is 5.75 Å². The van der Waals surface area contributed by atoms with Crippen LogP contribution in [0.1, 0.15) is 35.7 Å². The van der Waals surface area contributed by atoms with Gasteiger partial charge >= 0.3 is 0 Å². The minimum absolute atomic E-state index is 0.168. The topological polar surface area (TPSA) is 95.6 Å². The number of rotatable bonds is 9. The number of hydrogen-bond acceptors (Lipinski definition) is 4. The largest absolute Gasteiger partial charge is 0.494 e. The number of aromatic amines is 1. The number of carbonyl (C=O) groups is 2. The van der Waals surface area contributed by atoms with Crippen molar-refractivity contribution >= 4 is 28.9 Å². The summed E-state index contributed by atoms with van der Waals surface area (Å²) in [5.41, 5.74) is 4.73. The van der Waals surface area contributed by atoms with Gasteiger partial charge in [-0.1, -0.05) is 31.5 Å². The fourth-order valence-corrected chi connectivity index (χ4v) is 2.71. The maximum absolute atomic E-state index is 12.2. The average Bonchev–Trinajstić information content (AvgIpc) is 3.16. The van der Waals surface area contributed by atoms with Crippen LogP contribution in [0.2, 0.25) is 0 Å². The molecule has 0 unspecified atom stereocenters. The quantitative estimate of drug-likeness (QED) is 0.296. The molecule has 7 heteroatoms. The van der Waals surface area contributed by atoms with E-state index in [0.29, 0.717) is 12.2 Å². The lowest BCUT2D eigenvalue weighted by Crippen LogP contribution is -2.34. The van der Waals surface area contributed by atoms with Gasteiger partial charge in [-0.05, 0) is 36.8 Å². The molecule has 0 fully saturated rings. The number of unbranched alkanes of at least 4 members (excludes halogenated alkanes) is 1. The second-order valence-electron chi connectivity index (χ2n) is 6.49. The van der Waals surface area contributed by atoms with E-state index in [1.807, 2.05) is 30.5 Å². The van der Waals surface area contributed by atoms with Gasteiger partial charge in [0.15, 0.2) is 0 Å². The molecule has 0 bridgehead atoms. The van der Waals surface area contributed by atoms with Crippen molar-refractivity contribution in [2.75, 3.05) is 13.2 Å². The summed E-state index contributed by atoms with van der Waals surface area (Å²) in [4.78, 5) is 27.2. The number of fused-ring (bicyclic) bond motifs is 1. The maximum atomic E-state index is 12.2. The summed E-state index contributed by atoms with van der Waals surface area (Å²) in [6.07, 6.45) is 5.43. The Morgan fingerprint density at radius 3 is 2.72 bits per heavy atom. The van der Waals surface area contributed by atoms with E-state index in [2.05, 4.69) is 27.8 Å². The summed E-state index contributed by atoms with van der Waals surface area (Å²) in [5.74, 6) is -0.0193. The van der Waals surface area contributed by atoms with Gasteiger partial charge in [-0.3, -0.25) is 9.59 Å². The molecule has 0 atom stereocenters. The lowest BCUT2D eigenvalue weighted by atomic mass is 10.2. The van der Waals surface area contributed by atoms with Gasteiger partial charge in [0.25, 0.3) is 11.8 Å². The molecule has 3 N–H and O–H groups in total. The molecular formula is C22H24N4O3. The van der Waals surface area contributed by atoms with Crippen LogP contribution < -0.4 is 15.5 Å². The fraction of sp³-hybridized carbons (Fsp3) is 0.227. The van der Waals surface area contributed by atoms with Crippen molar-refractivity contribution in [1.29, 1.82) is 0 Å². The first-order valence-corrected chi connectivity index (χ1v) is 9.56. The second-order valence-corrected chi connectivity index (χ2v) is 6.49. The highest BCUT2D eigenvalue weighted by Gasteiger charge is 2.08. The third kappa shape index (κ3) is 5.68. The Kier molecular flexibility index (Phi) is 7.00. The zero-order chi connectivity index (χ0) is 20.5. The number of nitrogens with one attached hydrogen (secondary N) is 3. The van der Waals surface area contributed by atoms with Gasteiger partial charge < -0.3 is 15.0 Å². The lowest BCUT2D eigenvalue weighted by Gasteiger charge is -2.07. The standard InChI is InChI=1S/C22H24N4O3/c1-2-3-12-29-18-10-8-16(9-11-18)22(28)24-15-21(27)26-25-14-17-13-23-20-7-5-4-6-19(17)20/h4-11,13-14,23H,2-3,12,15H2,1H3,(H,24,28)(H,26,27)/b25-14-. The molecule has 150 valence electrons. The van der Waals surface area contributed by atoms with Gasteiger partial charge in [0.1, 0.15) is 5.75 Å². The molecule has 0 radical (unpaired) electrons. The van der Waals surface area contributed by atoms with Crippen LogP contribution in [0.3, 0.4) is 0 Å². The molecule has 0 saturated heterocycles. The SMILES string of the molecule is CCCCOc1ccc(C(=O)NCC(=O)N/N=C\c2c[nH]c3ccccc23)cc1. The molecule has 0 aliphatic rings. The molecule has 0 aliphatic carbocycles.